The van der Waals surface area contributed by atoms with Crippen molar-refractivity contribution >= 4 is 38.7 Å². The van der Waals surface area contributed by atoms with Gasteiger partial charge in [0.15, 0.2) is 9.84 Å². The highest BCUT2D eigenvalue weighted by atomic mass is 32.2. The van der Waals surface area contributed by atoms with E-state index >= 15 is 0 Å². The molecule has 14 heteroatoms. The number of alkyl halides is 3. The van der Waals surface area contributed by atoms with Crippen LogP contribution in [0.25, 0.3) is 5.69 Å². The van der Waals surface area contributed by atoms with Crippen LogP contribution in [0.1, 0.15) is 5.56 Å². The van der Waals surface area contributed by atoms with Crippen LogP contribution in [0.15, 0.2) is 53.9 Å². The van der Waals surface area contributed by atoms with E-state index in [1.165, 1.54) is 35.5 Å². The highest BCUT2D eigenvalue weighted by molar-refractivity contribution is 7.92. The molecule has 0 bridgehead atoms. The SMILES string of the molecule is O=C(CNc1ccc2c(c1)S(=O)(=O)CC(=O)N2)Nc1cc(C(F)(F)F)ccc1-n1cncn1. The zero-order valence-electron chi connectivity index (χ0n) is 16.5. The van der Waals surface area contributed by atoms with E-state index in [2.05, 4.69) is 26.0 Å². The van der Waals surface area contributed by atoms with E-state index in [0.29, 0.717) is 0 Å². The number of carbonyl (C=O) groups excluding carboxylic acids is 2. The molecule has 1 aromatic heterocycles. The Morgan fingerprint density at radius 2 is 1.97 bits per heavy atom. The maximum absolute atomic E-state index is 13.1. The molecule has 172 valence electrons. The third-order valence-electron chi connectivity index (χ3n) is 4.63. The summed E-state index contributed by atoms with van der Waals surface area (Å²) >= 11 is 0. The van der Waals surface area contributed by atoms with Gasteiger partial charge in [-0.2, -0.15) is 18.3 Å². The van der Waals surface area contributed by atoms with Crippen molar-refractivity contribution in [1.29, 1.82) is 0 Å². The second kappa shape index (κ2) is 8.20. The van der Waals surface area contributed by atoms with E-state index < -0.39 is 39.1 Å². The second-order valence-corrected chi connectivity index (χ2v) is 8.95. The molecule has 10 nitrogen and oxygen atoms in total. The fourth-order valence-corrected chi connectivity index (χ4v) is 4.48. The average molecular weight is 480 g/mol. The molecule has 1 aliphatic heterocycles. The topological polar surface area (TPSA) is 135 Å². The Bertz CT molecular complexity index is 1340. The highest BCUT2D eigenvalue weighted by Crippen LogP contribution is 2.33. The number of hydrogen-bond acceptors (Lipinski definition) is 7. The van der Waals surface area contributed by atoms with Gasteiger partial charge in [-0.3, -0.25) is 9.59 Å². The summed E-state index contributed by atoms with van der Waals surface area (Å²) in [6.07, 6.45) is -2.16. The molecule has 0 aliphatic carbocycles. The number of carbonyl (C=O) groups is 2. The molecular formula is C19H15F3N6O4S. The van der Waals surface area contributed by atoms with Crippen molar-refractivity contribution < 1.29 is 31.2 Å². The van der Waals surface area contributed by atoms with Gasteiger partial charge in [0.2, 0.25) is 11.8 Å². The number of hydrogen-bond donors (Lipinski definition) is 3. The van der Waals surface area contributed by atoms with Gasteiger partial charge in [-0.1, -0.05) is 0 Å². The zero-order valence-corrected chi connectivity index (χ0v) is 17.4. The number of nitrogens with one attached hydrogen (secondary N) is 3. The average Bonchev–Trinajstić information content (AvgIpc) is 3.26. The van der Waals surface area contributed by atoms with Crippen LogP contribution in [-0.2, 0) is 25.6 Å². The number of nitrogens with zero attached hydrogens (tertiary/aromatic N) is 3. The molecule has 0 saturated heterocycles. The fourth-order valence-electron chi connectivity index (χ4n) is 3.15. The summed E-state index contributed by atoms with van der Waals surface area (Å²) in [7, 11) is -3.83. The number of anilines is 3. The first-order chi connectivity index (χ1) is 15.5. The van der Waals surface area contributed by atoms with Gasteiger partial charge in [0.25, 0.3) is 0 Å². The number of fused-ring (bicyclic) bond motifs is 1. The molecule has 33 heavy (non-hydrogen) atoms. The molecular weight excluding hydrogens is 465 g/mol. The molecule has 0 unspecified atom stereocenters. The molecule has 3 N–H and O–H groups in total. The van der Waals surface area contributed by atoms with Gasteiger partial charge in [-0.05, 0) is 36.4 Å². The van der Waals surface area contributed by atoms with Crippen molar-refractivity contribution in [3.8, 4) is 5.69 Å². The predicted octanol–water partition coefficient (Wildman–Crippen LogP) is 2.06. The lowest BCUT2D eigenvalue weighted by Crippen LogP contribution is -2.29. The standard InChI is InChI=1S/C19H15F3N6O4S/c20-19(21,22)11-1-4-15(28-10-23-9-25-28)14(5-11)27-17(29)7-24-12-2-3-13-16(6-12)33(31,32)8-18(30)26-13/h1-6,9-10,24H,7-8H2,(H,26,30)(H,27,29). The molecule has 2 aromatic carbocycles. The number of benzene rings is 2. The van der Waals surface area contributed by atoms with Gasteiger partial charge >= 0.3 is 6.18 Å². The molecule has 0 fully saturated rings. The quantitative estimate of drug-likeness (QED) is 0.509. The minimum absolute atomic E-state index is 0.0983. The number of sulfone groups is 1. The number of rotatable bonds is 5. The summed E-state index contributed by atoms with van der Waals surface area (Å²) in [6, 6.07) is 6.89. The third-order valence-corrected chi connectivity index (χ3v) is 6.28. The summed E-state index contributed by atoms with van der Waals surface area (Å²) < 4.78 is 65.0. The van der Waals surface area contributed by atoms with Gasteiger partial charge in [-0.25, -0.2) is 18.1 Å². The molecule has 3 aromatic rings. The minimum atomic E-state index is -4.62. The highest BCUT2D eigenvalue weighted by Gasteiger charge is 2.32. The van der Waals surface area contributed by atoms with Crippen molar-refractivity contribution in [2.75, 3.05) is 28.2 Å². The van der Waals surface area contributed by atoms with Crippen LogP contribution < -0.4 is 16.0 Å². The summed E-state index contributed by atoms with van der Waals surface area (Å²) in [6.45, 7) is -0.377. The molecule has 4 rings (SSSR count). The lowest BCUT2D eigenvalue weighted by atomic mass is 10.1. The van der Waals surface area contributed by atoms with E-state index in [1.54, 1.807) is 0 Å². The number of aromatic nitrogens is 3. The Balaban J connectivity index is 1.52. The summed E-state index contributed by atoms with van der Waals surface area (Å²) in [4.78, 5) is 27.6. The smallest absolute Gasteiger partial charge is 0.376 e. The number of amides is 2. The van der Waals surface area contributed by atoms with Crippen molar-refractivity contribution in [1.82, 2.24) is 14.8 Å². The van der Waals surface area contributed by atoms with Crippen LogP contribution in [-0.4, -0.2) is 47.3 Å². The monoisotopic (exact) mass is 480 g/mol. The Morgan fingerprint density at radius 3 is 2.67 bits per heavy atom. The first-order valence-electron chi connectivity index (χ1n) is 9.29. The van der Waals surface area contributed by atoms with Gasteiger partial charge in [0.1, 0.15) is 18.4 Å². The van der Waals surface area contributed by atoms with Crippen LogP contribution >= 0.6 is 0 Å². The summed E-state index contributed by atoms with van der Waals surface area (Å²) in [5.74, 6) is -2.03. The van der Waals surface area contributed by atoms with Crippen LogP contribution in [0.3, 0.4) is 0 Å². The maximum Gasteiger partial charge on any atom is 0.416 e. The fraction of sp³-hybridized carbons (Fsp3) is 0.158. The Hall–Kier alpha value is -3.94. The first kappa shape index (κ1) is 22.3. The van der Waals surface area contributed by atoms with Crippen LogP contribution in [0.4, 0.5) is 30.2 Å². The number of halogens is 3. The summed E-state index contributed by atoms with van der Waals surface area (Å²) in [5, 5.41) is 11.4. The lowest BCUT2D eigenvalue weighted by molar-refractivity contribution is -0.137. The van der Waals surface area contributed by atoms with E-state index in [0.717, 1.165) is 18.2 Å². The summed E-state index contributed by atoms with van der Waals surface area (Å²) in [5.41, 5.74) is -0.536. The third kappa shape index (κ3) is 4.79. The zero-order chi connectivity index (χ0) is 23.8. The van der Waals surface area contributed by atoms with E-state index in [4.69, 9.17) is 0 Å². The van der Waals surface area contributed by atoms with Crippen LogP contribution in [0.5, 0.6) is 0 Å². The van der Waals surface area contributed by atoms with Crippen LogP contribution in [0, 0.1) is 0 Å². The van der Waals surface area contributed by atoms with Gasteiger partial charge in [-0.15, -0.1) is 0 Å². The van der Waals surface area contributed by atoms with Crippen LogP contribution in [0.2, 0.25) is 0 Å². The van der Waals surface area contributed by atoms with E-state index in [9.17, 15) is 31.2 Å². The van der Waals surface area contributed by atoms with Gasteiger partial charge in [0.05, 0.1) is 34.1 Å². The molecule has 0 spiro atoms. The first-order valence-corrected chi connectivity index (χ1v) is 10.9. The minimum Gasteiger partial charge on any atom is -0.376 e. The van der Waals surface area contributed by atoms with Gasteiger partial charge in [0, 0.05) is 5.69 Å². The lowest BCUT2D eigenvalue weighted by Gasteiger charge is -2.18. The molecule has 2 heterocycles. The molecule has 1 aliphatic rings. The normalized spacial score (nSPS) is 14.8. The largest absolute Gasteiger partial charge is 0.416 e. The molecule has 0 radical (unpaired) electrons. The molecule has 2 amide bonds. The Kier molecular flexibility index (Phi) is 5.53. The second-order valence-electron chi connectivity index (χ2n) is 6.99. The Morgan fingerprint density at radius 1 is 1.18 bits per heavy atom. The van der Waals surface area contributed by atoms with E-state index in [-0.39, 0.29) is 34.2 Å². The van der Waals surface area contributed by atoms with Crippen molar-refractivity contribution in [3.63, 3.8) is 0 Å². The van der Waals surface area contributed by atoms with Crippen molar-refractivity contribution in [2.24, 2.45) is 0 Å². The molecule has 0 atom stereocenters. The Labute approximate surface area is 184 Å². The maximum atomic E-state index is 13.1. The van der Waals surface area contributed by atoms with Crippen molar-refractivity contribution in [2.45, 2.75) is 11.1 Å². The van der Waals surface area contributed by atoms with Gasteiger partial charge < -0.3 is 16.0 Å². The predicted molar refractivity (Wildman–Crippen MR) is 111 cm³/mol. The molecule has 0 saturated carbocycles. The van der Waals surface area contributed by atoms with E-state index in [1.807, 2.05) is 0 Å². The van der Waals surface area contributed by atoms with Crippen molar-refractivity contribution in [3.05, 3.63) is 54.6 Å².